The first-order valence-corrected chi connectivity index (χ1v) is 2.09. The molecule has 8 heteroatoms. The van der Waals surface area contributed by atoms with Gasteiger partial charge in [-0.3, -0.25) is 0 Å². The summed E-state index contributed by atoms with van der Waals surface area (Å²) < 4.78 is 46.5. The number of alkyl halides is 4. The van der Waals surface area contributed by atoms with Crippen molar-refractivity contribution < 1.29 is 27.5 Å². The first kappa shape index (κ1) is 9.79. The van der Waals surface area contributed by atoms with Crippen molar-refractivity contribution in [3.05, 3.63) is 4.91 Å². The zero-order valence-corrected chi connectivity index (χ0v) is 4.72. The molecule has 0 unspecified atom stereocenters. The van der Waals surface area contributed by atoms with E-state index in [2.05, 4.69) is 0 Å². The maximum atomic E-state index is 11.7. The Bertz CT molecular complexity index is 191. The van der Waals surface area contributed by atoms with E-state index in [0.29, 0.717) is 5.18 Å². The first-order valence-electron chi connectivity index (χ1n) is 2.09. The third-order valence-electron chi connectivity index (χ3n) is 0.761. The zero-order valence-electron chi connectivity index (χ0n) is 4.72. The summed E-state index contributed by atoms with van der Waals surface area (Å²) in [6.45, 7) is 0. The van der Waals surface area contributed by atoms with Crippen LogP contribution in [0.3, 0.4) is 0 Å². The van der Waals surface area contributed by atoms with Crippen molar-refractivity contribution in [2.75, 3.05) is 0 Å². The lowest BCUT2D eigenvalue weighted by molar-refractivity contribution is -0.221. The van der Waals surface area contributed by atoms with Crippen LogP contribution >= 0.6 is 0 Å². The molecule has 0 spiro atoms. The molecule has 0 bridgehead atoms. The molecule has 0 aromatic carbocycles. The fourth-order valence-corrected chi connectivity index (χ4v) is 0.186. The molecule has 0 aliphatic rings. The van der Waals surface area contributed by atoms with Crippen LogP contribution in [0, 0.1) is 4.91 Å². The van der Waals surface area contributed by atoms with E-state index in [4.69, 9.17) is 10.0 Å². The lowest BCUT2D eigenvalue weighted by Crippen LogP contribution is -2.45. The maximum absolute atomic E-state index is 11.7. The molecule has 0 saturated heterocycles. The average Bonchev–Trinajstić information content (AvgIpc) is 1.87. The predicted octanol–water partition coefficient (Wildman–Crippen LogP) is 1.07. The summed E-state index contributed by atoms with van der Waals surface area (Å²) in [5.74, 6) is -8.54. The Balaban J connectivity index is 4.81. The van der Waals surface area contributed by atoms with Gasteiger partial charge in [-0.1, -0.05) is 0 Å². The van der Waals surface area contributed by atoms with Gasteiger partial charge < -0.3 is 5.11 Å². The summed E-state index contributed by atoms with van der Waals surface area (Å²) in [6, 6.07) is -5.40. The molecule has 0 heterocycles. The van der Waals surface area contributed by atoms with Gasteiger partial charge in [0.15, 0.2) is 0 Å². The molecule has 0 amide bonds. The van der Waals surface area contributed by atoms with Crippen molar-refractivity contribution in [1.29, 1.82) is 0 Å². The molecule has 64 valence electrons. The van der Waals surface area contributed by atoms with Crippen LogP contribution in [-0.2, 0) is 4.79 Å². The standard InChI is InChI=1S/C3HF4NO3/c4-2(5,1(9)10)3(6,7)8-11/h(H,9,10). The second-order valence-electron chi connectivity index (χ2n) is 1.51. The van der Waals surface area contributed by atoms with E-state index in [9.17, 15) is 22.4 Å². The Morgan fingerprint density at radius 1 is 1.27 bits per heavy atom. The summed E-state index contributed by atoms with van der Waals surface area (Å²) in [6.07, 6.45) is 0. The van der Waals surface area contributed by atoms with Gasteiger partial charge in [-0.15, -0.1) is 4.91 Å². The van der Waals surface area contributed by atoms with E-state index in [0.717, 1.165) is 0 Å². The largest absolute Gasteiger partial charge is 0.477 e. The summed E-state index contributed by atoms with van der Waals surface area (Å²) in [7, 11) is 0. The number of hydrogen-bond acceptors (Lipinski definition) is 3. The topological polar surface area (TPSA) is 66.7 Å². The van der Waals surface area contributed by atoms with E-state index >= 15 is 0 Å². The zero-order chi connectivity index (χ0) is 9.28. The molecule has 0 atom stereocenters. The van der Waals surface area contributed by atoms with Crippen molar-refractivity contribution in [3.63, 3.8) is 0 Å². The van der Waals surface area contributed by atoms with Crippen LogP contribution in [0.5, 0.6) is 0 Å². The van der Waals surface area contributed by atoms with Gasteiger partial charge in [0.25, 0.3) is 0 Å². The fraction of sp³-hybridized carbons (Fsp3) is 0.667. The Morgan fingerprint density at radius 3 is 1.73 bits per heavy atom. The number of rotatable bonds is 3. The number of carbonyl (C=O) groups is 1. The second-order valence-corrected chi connectivity index (χ2v) is 1.51. The minimum atomic E-state index is -5.45. The molecule has 0 rings (SSSR count). The van der Waals surface area contributed by atoms with E-state index in [1.54, 1.807) is 0 Å². The fourth-order valence-electron chi connectivity index (χ4n) is 0.186. The Morgan fingerprint density at radius 2 is 1.64 bits per heavy atom. The third kappa shape index (κ3) is 1.44. The van der Waals surface area contributed by atoms with Gasteiger partial charge in [-0.25, -0.2) is 4.79 Å². The molecule has 4 nitrogen and oxygen atoms in total. The number of hydrogen-bond donors (Lipinski definition) is 1. The molecule has 1 N–H and O–H groups in total. The lowest BCUT2D eigenvalue weighted by Gasteiger charge is -2.14. The highest BCUT2D eigenvalue weighted by Gasteiger charge is 2.64. The summed E-state index contributed by atoms with van der Waals surface area (Å²) in [5, 5.41) is 8.18. The van der Waals surface area contributed by atoms with Gasteiger partial charge in [0.2, 0.25) is 0 Å². The molecule has 0 radical (unpaired) electrons. The number of halogens is 4. The van der Waals surface area contributed by atoms with Crippen molar-refractivity contribution in [2.24, 2.45) is 5.18 Å². The van der Waals surface area contributed by atoms with Crippen molar-refractivity contribution >= 4 is 5.97 Å². The van der Waals surface area contributed by atoms with Crippen LogP contribution in [0.4, 0.5) is 17.6 Å². The van der Waals surface area contributed by atoms with E-state index in [1.165, 1.54) is 0 Å². The molecule has 11 heavy (non-hydrogen) atoms. The van der Waals surface area contributed by atoms with Gasteiger partial charge in [-0.2, -0.15) is 17.6 Å². The Kier molecular flexibility index (Phi) is 2.17. The number of nitroso groups, excluding NO2 is 1. The van der Waals surface area contributed by atoms with Crippen molar-refractivity contribution in [1.82, 2.24) is 0 Å². The second kappa shape index (κ2) is 2.44. The molecule has 0 aromatic heterocycles. The molecular weight excluding hydrogens is 174 g/mol. The van der Waals surface area contributed by atoms with Crippen LogP contribution in [0.25, 0.3) is 0 Å². The first-order chi connectivity index (χ1) is 4.75. The van der Waals surface area contributed by atoms with Crippen molar-refractivity contribution in [3.8, 4) is 0 Å². The minimum Gasteiger partial charge on any atom is -0.477 e. The number of carboxylic acid groups (broad SMARTS) is 1. The van der Waals surface area contributed by atoms with Gasteiger partial charge in [0, 0.05) is 5.18 Å². The Labute approximate surface area is 56.8 Å². The van der Waals surface area contributed by atoms with Crippen molar-refractivity contribution in [2.45, 2.75) is 12.0 Å². The van der Waals surface area contributed by atoms with Crippen LogP contribution in [0.1, 0.15) is 0 Å². The normalized spacial score (nSPS) is 12.7. The highest BCUT2D eigenvalue weighted by atomic mass is 19.3. The van der Waals surface area contributed by atoms with E-state index in [1.807, 2.05) is 0 Å². The van der Waals surface area contributed by atoms with Crippen LogP contribution < -0.4 is 0 Å². The maximum Gasteiger partial charge on any atom is 0.450 e. The monoisotopic (exact) mass is 175 g/mol. The number of carboxylic acids is 1. The molecule has 0 aromatic rings. The molecule has 0 saturated carbocycles. The number of nitrogens with zero attached hydrogens (tertiary/aromatic N) is 1. The highest BCUT2D eigenvalue weighted by molar-refractivity contribution is 5.76. The molecular formula is C3HF4NO3. The summed E-state index contributed by atoms with van der Waals surface area (Å²) in [5.41, 5.74) is 0. The quantitative estimate of drug-likeness (QED) is 0.396. The lowest BCUT2D eigenvalue weighted by atomic mass is 10.3. The molecule has 0 aliphatic heterocycles. The minimum absolute atomic E-state index is 0.699. The van der Waals surface area contributed by atoms with E-state index in [-0.39, 0.29) is 0 Å². The van der Waals surface area contributed by atoms with Crippen LogP contribution in [-0.4, -0.2) is 23.0 Å². The predicted molar refractivity (Wildman–Crippen MR) is 23.3 cm³/mol. The Hall–Kier alpha value is -1.21. The SMILES string of the molecule is O=NC(F)(F)C(F)(F)C(=O)O. The summed E-state index contributed by atoms with van der Waals surface area (Å²) >= 11 is 0. The highest BCUT2D eigenvalue weighted by Crippen LogP contribution is 2.35. The summed E-state index contributed by atoms with van der Waals surface area (Å²) in [4.78, 5) is 18.4. The van der Waals surface area contributed by atoms with Gasteiger partial charge in [0.05, 0.1) is 0 Å². The smallest absolute Gasteiger partial charge is 0.450 e. The molecule has 0 aliphatic carbocycles. The molecule has 0 fully saturated rings. The number of aliphatic carboxylic acids is 1. The average molecular weight is 175 g/mol. The third-order valence-corrected chi connectivity index (χ3v) is 0.761. The van der Waals surface area contributed by atoms with Gasteiger partial charge in [0.1, 0.15) is 0 Å². The van der Waals surface area contributed by atoms with Gasteiger partial charge >= 0.3 is 17.9 Å². The van der Waals surface area contributed by atoms with Crippen LogP contribution in [0.2, 0.25) is 0 Å². The van der Waals surface area contributed by atoms with E-state index < -0.39 is 17.9 Å². The van der Waals surface area contributed by atoms with Gasteiger partial charge in [-0.05, 0) is 0 Å². The van der Waals surface area contributed by atoms with Crippen LogP contribution in [0.15, 0.2) is 5.18 Å².